The molecule has 2 aromatic heterocycles. The fourth-order valence-corrected chi connectivity index (χ4v) is 2.65. The Kier molecular flexibility index (Phi) is 5.42. The molecule has 0 bridgehead atoms. The minimum absolute atomic E-state index is 0.226. The Morgan fingerprint density at radius 3 is 3.00 bits per heavy atom. The number of aryl methyl sites for hydroxylation is 1. The third-order valence-corrected chi connectivity index (χ3v) is 4.08. The Bertz CT molecular complexity index is 690. The van der Waals surface area contributed by atoms with Gasteiger partial charge in [-0.25, -0.2) is 9.89 Å². The maximum absolute atomic E-state index is 12.1. The molecule has 2 aromatic rings. The lowest BCUT2D eigenvalue weighted by atomic mass is 10.3. The molecule has 0 saturated carbocycles. The third kappa shape index (κ3) is 4.00. The van der Waals surface area contributed by atoms with Gasteiger partial charge in [-0.15, -0.1) is 5.10 Å². The molecule has 22 heavy (non-hydrogen) atoms. The number of unbranched alkanes of at least 4 members (excludes halogenated alkanes) is 1. The van der Waals surface area contributed by atoms with Crippen molar-refractivity contribution in [1.82, 2.24) is 19.9 Å². The fraction of sp³-hybridized carbons (Fsp3) is 0.538. The summed E-state index contributed by atoms with van der Waals surface area (Å²) in [6.07, 6.45) is 1.86. The number of H-pyrrole nitrogens is 1. The van der Waals surface area contributed by atoms with E-state index in [0.717, 1.165) is 12.8 Å². The molecule has 9 heteroatoms. The van der Waals surface area contributed by atoms with Crippen LogP contribution < -0.4 is 11.0 Å². The van der Waals surface area contributed by atoms with Gasteiger partial charge >= 0.3 is 5.69 Å². The molecule has 2 heterocycles. The standard InChI is InChI=1S/C13H19N5O3S/c1-4-5-6-18-12(20)15-16-13(18)22-9(3)11(19)14-10-7-8(2)21-17-10/h7,9H,4-6H2,1-3H3,(H,15,20)(H,14,17,19)/t9-/m1/s1. The first-order chi connectivity index (χ1) is 10.5. The van der Waals surface area contributed by atoms with E-state index >= 15 is 0 Å². The normalized spacial score (nSPS) is 12.3. The van der Waals surface area contributed by atoms with Gasteiger partial charge in [0.05, 0.1) is 5.25 Å². The first kappa shape index (κ1) is 16.3. The molecular weight excluding hydrogens is 306 g/mol. The van der Waals surface area contributed by atoms with Crippen LogP contribution in [0.4, 0.5) is 5.82 Å². The zero-order chi connectivity index (χ0) is 16.1. The van der Waals surface area contributed by atoms with Gasteiger partial charge < -0.3 is 9.84 Å². The molecular formula is C13H19N5O3S. The number of nitrogens with zero attached hydrogens (tertiary/aromatic N) is 3. The van der Waals surface area contributed by atoms with Crippen LogP contribution in [0.5, 0.6) is 0 Å². The number of amides is 1. The van der Waals surface area contributed by atoms with Gasteiger partial charge in [0, 0.05) is 12.6 Å². The number of thioether (sulfide) groups is 1. The Hall–Kier alpha value is -2.03. The number of nitrogens with one attached hydrogen (secondary N) is 2. The second-order valence-electron chi connectivity index (χ2n) is 4.89. The largest absolute Gasteiger partial charge is 0.360 e. The second kappa shape index (κ2) is 7.30. The Balaban J connectivity index is 2.00. The molecule has 1 atom stereocenters. The zero-order valence-electron chi connectivity index (χ0n) is 12.8. The summed E-state index contributed by atoms with van der Waals surface area (Å²) < 4.78 is 6.45. The highest BCUT2D eigenvalue weighted by Crippen LogP contribution is 2.21. The molecule has 1 amide bonds. The molecule has 2 N–H and O–H groups in total. The summed E-state index contributed by atoms with van der Waals surface area (Å²) in [5, 5.41) is 12.9. The van der Waals surface area contributed by atoms with Crippen molar-refractivity contribution in [3.8, 4) is 0 Å². The maximum Gasteiger partial charge on any atom is 0.343 e. The quantitative estimate of drug-likeness (QED) is 0.752. The topological polar surface area (TPSA) is 106 Å². The highest BCUT2D eigenvalue weighted by atomic mass is 32.2. The van der Waals surface area contributed by atoms with Crippen molar-refractivity contribution in [2.45, 2.75) is 50.6 Å². The van der Waals surface area contributed by atoms with Gasteiger partial charge in [0.15, 0.2) is 11.0 Å². The Morgan fingerprint density at radius 1 is 1.59 bits per heavy atom. The molecule has 0 unspecified atom stereocenters. The van der Waals surface area contributed by atoms with Crippen LogP contribution in [0.2, 0.25) is 0 Å². The first-order valence-electron chi connectivity index (χ1n) is 7.07. The van der Waals surface area contributed by atoms with Gasteiger partial charge in [0.25, 0.3) is 0 Å². The van der Waals surface area contributed by atoms with Crippen molar-refractivity contribution in [3.63, 3.8) is 0 Å². The summed E-state index contributed by atoms with van der Waals surface area (Å²) in [5.74, 6) is 0.771. The third-order valence-electron chi connectivity index (χ3n) is 2.99. The van der Waals surface area contributed by atoms with E-state index in [-0.39, 0.29) is 11.6 Å². The molecule has 0 aliphatic rings. The Morgan fingerprint density at radius 2 is 2.36 bits per heavy atom. The smallest absolute Gasteiger partial charge is 0.343 e. The van der Waals surface area contributed by atoms with Crippen molar-refractivity contribution in [2.75, 3.05) is 5.32 Å². The van der Waals surface area contributed by atoms with Gasteiger partial charge in [0.2, 0.25) is 5.91 Å². The van der Waals surface area contributed by atoms with Crippen molar-refractivity contribution in [3.05, 3.63) is 22.3 Å². The molecule has 0 spiro atoms. The number of carbonyl (C=O) groups excluding carboxylic acids is 1. The number of aromatic nitrogens is 4. The summed E-state index contributed by atoms with van der Waals surface area (Å²) in [6.45, 7) is 6.13. The lowest BCUT2D eigenvalue weighted by Gasteiger charge is -2.10. The molecule has 8 nitrogen and oxygen atoms in total. The zero-order valence-corrected chi connectivity index (χ0v) is 13.6. The highest BCUT2D eigenvalue weighted by molar-refractivity contribution is 8.00. The van der Waals surface area contributed by atoms with Crippen LogP contribution in [0.3, 0.4) is 0 Å². The van der Waals surface area contributed by atoms with Crippen molar-refractivity contribution in [1.29, 1.82) is 0 Å². The van der Waals surface area contributed by atoms with Crippen molar-refractivity contribution >= 4 is 23.5 Å². The van der Waals surface area contributed by atoms with Gasteiger partial charge in [-0.05, 0) is 20.3 Å². The minimum Gasteiger partial charge on any atom is -0.360 e. The average molecular weight is 325 g/mol. The molecule has 0 saturated heterocycles. The lowest BCUT2D eigenvalue weighted by Crippen LogP contribution is -2.24. The molecule has 0 aliphatic carbocycles. The summed E-state index contributed by atoms with van der Waals surface area (Å²) in [5.41, 5.74) is -0.254. The Labute approximate surface area is 131 Å². The number of rotatable bonds is 7. The number of anilines is 1. The lowest BCUT2D eigenvalue weighted by molar-refractivity contribution is -0.115. The van der Waals surface area contributed by atoms with E-state index in [2.05, 4.69) is 20.7 Å². The van der Waals surface area contributed by atoms with Crippen molar-refractivity contribution < 1.29 is 9.32 Å². The van der Waals surface area contributed by atoms with Crippen LogP contribution in [0, 0.1) is 6.92 Å². The fourth-order valence-electron chi connectivity index (χ4n) is 1.77. The number of hydrogen-bond acceptors (Lipinski definition) is 6. The van der Waals surface area contributed by atoms with Gasteiger partial charge in [-0.3, -0.25) is 9.36 Å². The average Bonchev–Trinajstić information content (AvgIpc) is 3.03. The summed E-state index contributed by atoms with van der Waals surface area (Å²) in [6, 6.07) is 1.64. The van der Waals surface area contributed by atoms with E-state index in [1.807, 2.05) is 6.92 Å². The van der Waals surface area contributed by atoms with Crippen LogP contribution >= 0.6 is 11.8 Å². The monoisotopic (exact) mass is 325 g/mol. The summed E-state index contributed by atoms with van der Waals surface area (Å²) >= 11 is 1.23. The SMILES string of the molecule is CCCCn1c(S[C@H](C)C(=O)Nc2cc(C)on2)n[nH]c1=O. The van der Waals surface area contributed by atoms with Gasteiger partial charge in [0.1, 0.15) is 5.76 Å². The molecule has 0 radical (unpaired) electrons. The van der Waals surface area contributed by atoms with Gasteiger partial charge in [-0.1, -0.05) is 30.3 Å². The van der Waals surface area contributed by atoms with E-state index < -0.39 is 5.25 Å². The predicted molar refractivity (Wildman–Crippen MR) is 82.9 cm³/mol. The van der Waals surface area contributed by atoms with E-state index in [1.54, 1.807) is 24.5 Å². The van der Waals surface area contributed by atoms with E-state index in [4.69, 9.17) is 4.52 Å². The number of aromatic amines is 1. The van der Waals surface area contributed by atoms with Crippen LogP contribution in [0.25, 0.3) is 0 Å². The summed E-state index contributed by atoms with van der Waals surface area (Å²) in [4.78, 5) is 23.8. The van der Waals surface area contributed by atoms with E-state index in [0.29, 0.717) is 23.3 Å². The number of hydrogen-bond donors (Lipinski definition) is 2. The molecule has 120 valence electrons. The highest BCUT2D eigenvalue weighted by Gasteiger charge is 2.19. The molecule has 2 rings (SSSR count). The first-order valence-corrected chi connectivity index (χ1v) is 7.95. The predicted octanol–water partition coefficient (Wildman–Crippen LogP) is 1.79. The van der Waals surface area contributed by atoms with Gasteiger partial charge in [-0.2, -0.15) is 0 Å². The summed E-state index contributed by atoms with van der Waals surface area (Å²) in [7, 11) is 0. The second-order valence-corrected chi connectivity index (χ2v) is 6.20. The minimum atomic E-state index is -0.424. The molecule has 0 fully saturated rings. The van der Waals surface area contributed by atoms with E-state index in [1.165, 1.54) is 11.8 Å². The van der Waals surface area contributed by atoms with Crippen LogP contribution in [0.15, 0.2) is 20.5 Å². The van der Waals surface area contributed by atoms with Crippen LogP contribution in [-0.4, -0.2) is 31.1 Å². The molecule has 0 aliphatic heterocycles. The van der Waals surface area contributed by atoms with Crippen LogP contribution in [0.1, 0.15) is 32.4 Å². The number of carbonyl (C=O) groups is 1. The van der Waals surface area contributed by atoms with Crippen molar-refractivity contribution in [2.24, 2.45) is 0 Å². The van der Waals surface area contributed by atoms with E-state index in [9.17, 15) is 9.59 Å². The maximum atomic E-state index is 12.1. The van der Waals surface area contributed by atoms with Crippen LogP contribution in [-0.2, 0) is 11.3 Å². The molecule has 0 aromatic carbocycles.